The van der Waals surface area contributed by atoms with Gasteiger partial charge in [-0.1, -0.05) is 74.5 Å². The molecule has 2 fully saturated rings. The third kappa shape index (κ3) is 4.69. The molecule has 168 valence electrons. The predicted octanol–water partition coefficient (Wildman–Crippen LogP) is 3.27. The number of hydrogen-bond donors (Lipinski definition) is 1. The van der Waals surface area contributed by atoms with Crippen molar-refractivity contribution < 1.29 is 14.4 Å². The Morgan fingerprint density at radius 3 is 1.91 bits per heavy atom. The molecule has 4 rings (SSSR count). The van der Waals surface area contributed by atoms with Crippen LogP contribution in [0.1, 0.15) is 31.4 Å². The van der Waals surface area contributed by atoms with Gasteiger partial charge in [-0.15, -0.1) is 0 Å². The number of amides is 4. The number of carbonyl (C=O) groups is 3. The molecule has 2 aliphatic heterocycles. The van der Waals surface area contributed by atoms with Crippen molar-refractivity contribution in [3.8, 4) is 0 Å². The number of imide groups is 1. The van der Waals surface area contributed by atoms with E-state index in [1.807, 2.05) is 60.7 Å². The summed E-state index contributed by atoms with van der Waals surface area (Å²) in [6.45, 7) is 5.40. The Kier molecular flexibility index (Phi) is 6.31. The van der Waals surface area contributed by atoms with Crippen LogP contribution in [0.15, 0.2) is 60.7 Å². The third-order valence-electron chi connectivity index (χ3n) is 6.46. The molecule has 2 saturated heterocycles. The van der Waals surface area contributed by atoms with E-state index in [1.54, 1.807) is 4.90 Å². The maximum Gasteiger partial charge on any atom is 0.325 e. The zero-order valence-corrected chi connectivity index (χ0v) is 18.8. The summed E-state index contributed by atoms with van der Waals surface area (Å²) in [6.07, 6.45) is 1.83. The summed E-state index contributed by atoms with van der Waals surface area (Å²) in [5.74, 6) is 0.339. The van der Waals surface area contributed by atoms with Crippen LogP contribution in [0, 0.1) is 11.8 Å². The van der Waals surface area contributed by atoms with Gasteiger partial charge in [-0.25, -0.2) is 4.79 Å². The Morgan fingerprint density at radius 1 is 0.906 bits per heavy atom. The molecule has 1 N–H and O–H groups in total. The minimum absolute atomic E-state index is 0.165. The van der Waals surface area contributed by atoms with Crippen molar-refractivity contribution in [2.24, 2.45) is 11.8 Å². The van der Waals surface area contributed by atoms with Crippen LogP contribution in [0.3, 0.4) is 0 Å². The summed E-state index contributed by atoms with van der Waals surface area (Å²) < 4.78 is 0. The second-order valence-electron chi connectivity index (χ2n) is 9.47. The van der Waals surface area contributed by atoms with Gasteiger partial charge in [-0.05, 0) is 29.4 Å². The van der Waals surface area contributed by atoms with Crippen molar-refractivity contribution in [3.63, 3.8) is 0 Å². The van der Waals surface area contributed by atoms with Crippen LogP contribution in [0.5, 0.6) is 0 Å². The van der Waals surface area contributed by atoms with Crippen molar-refractivity contribution in [1.29, 1.82) is 0 Å². The summed E-state index contributed by atoms with van der Waals surface area (Å²) in [5, 5.41) is 2.96. The van der Waals surface area contributed by atoms with Gasteiger partial charge < -0.3 is 10.2 Å². The van der Waals surface area contributed by atoms with Crippen LogP contribution in [0.25, 0.3) is 0 Å². The van der Waals surface area contributed by atoms with Gasteiger partial charge in [0.1, 0.15) is 12.1 Å². The molecule has 2 aromatic carbocycles. The van der Waals surface area contributed by atoms with E-state index in [0.717, 1.165) is 22.4 Å². The number of carbonyl (C=O) groups excluding carboxylic acids is 3. The average Bonchev–Trinajstić information content (AvgIpc) is 2.98. The molecule has 2 atom stereocenters. The quantitative estimate of drug-likeness (QED) is 0.711. The van der Waals surface area contributed by atoms with Crippen LogP contribution in [0.2, 0.25) is 0 Å². The van der Waals surface area contributed by atoms with Crippen LogP contribution in [-0.4, -0.2) is 52.8 Å². The van der Waals surface area contributed by atoms with Crippen molar-refractivity contribution in [1.82, 2.24) is 15.1 Å². The largest absolute Gasteiger partial charge is 0.341 e. The lowest BCUT2D eigenvalue weighted by molar-refractivity contribution is -0.140. The smallest absolute Gasteiger partial charge is 0.325 e. The monoisotopic (exact) mass is 433 g/mol. The Morgan fingerprint density at radius 2 is 1.41 bits per heavy atom. The zero-order valence-electron chi connectivity index (χ0n) is 18.8. The molecule has 2 unspecified atom stereocenters. The molecule has 2 aromatic rings. The van der Waals surface area contributed by atoms with Crippen molar-refractivity contribution in [3.05, 3.63) is 71.8 Å². The van der Waals surface area contributed by atoms with Crippen molar-refractivity contribution >= 4 is 17.8 Å². The van der Waals surface area contributed by atoms with E-state index < -0.39 is 11.6 Å². The summed E-state index contributed by atoms with van der Waals surface area (Å²) in [6, 6.07) is 18.9. The first kappa shape index (κ1) is 22.1. The van der Waals surface area contributed by atoms with E-state index in [2.05, 4.69) is 19.2 Å². The Bertz CT molecular complexity index is 925. The van der Waals surface area contributed by atoms with Gasteiger partial charge in [0.25, 0.3) is 5.91 Å². The third-order valence-corrected chi connectivity index (χ3v) is 6.46. The second-order valence-corrected chi connectivity index (χ2v) is 9.47. The molecule has 0 bridgehead atoms. The first-order valence-electron chi connectivity index (χ1n) is 11.4. The lowest BCUT2D eigenvalue weighted by Crippen LogP contribution is -2.52. The molecule has 0 saturated carbocycles. The SMILES string of the molecule is CC1CC(C)CN(C(=O)CN2C(=O)NC(Cc3ccccc3)(Cc3ccccc3)C2=O)C1. The summed E-state index contributed by atoms with van der Waals surface area (Å²) >= 11 is 0. The number of piperidine rings is 1. The minimum Gasteiger partial charge on any atom is -0.341 e. The second kappa shape index (κ2) is 9.15. The van der Waals surface area contributed by atoms with Crippen molar-refractivity contribution in [2.45, 2.75) is 38.6 Å². The van der Waals surface area contributed by atoms with Gasteiger partial charge in [-0.3, -0.25) is 14.5 Å². The molecule has 6 heteroatoms. The highest BCUT2D eigenvalue weighted by atomic mass is 16.2. The molecule has 4 amide bonds. The molecule has 32 heavy (non-hydrogen) atoms. The Balaban J connectivity index is 1.57. The van der Waals surface area contributed by atoms with E-state index in [-0.39, 0.29) is 18.4 Å². The number of rotatable bonds is 6. The molecular weight excluding hydrogens is 402 g/mol. The summed E-state index contributed by atoms with van der Waals surface area (Å²) in [4.78, 5) is 42.5. The number of nitrogens with zero attached hydrogens (tertiary/aromatic N) is 2. The van der Waals surface area contributed by atoms with Crippen LogP contribution in [-0.2, 0) is 22.4 Å². The molecule has 0 aliphatic carbocycles. The first-order valence-corrected chi connectivity index (χ1v) is 11.4. The van der Waals surface area contributed by atoms with E-state index in [0.29, 0.717) is 37.8 Å². The van der Waals surface area contributed by atoms with Crippen LogP contribution >= 0.6 is 0 Å². The molecule has 0 spiro atoms. The fraction of sp³-hybridized carbons (Fsp3) is 0.423. The lowest BCUT2D eigenvalue weighted by Gasteiger charge is -2.35. The van der Waals surface area contributed by atoms with E-state index in [1.165, 1.54) is 0 Å². The minimum atomic E-state index is -1.11. The predicted molar refractivity (Wildman–Crippen MR) is 123 cm³/mol. The zero-order chi connectivity index (χ0) is 22.7. The molecule has 0 aromatic heterocycles. The Hall–Kier alpha value is -3.15. The maximum absolute atomic E-state index is 13.7. The number of nitrogens with one attached hydrogen (secondary N) is 1. The molecular formula is C26H31N3O3. The first-order chi connectivity index (χ1) is 15.4. The van der Waals surface area contributed by atoms with Crippen LogP contribution < -0.4 is 5.32 Å². The van der Waals surface area contributed by atoms with Gasteiger partial charge in [0.05, 0.1) is 0 Å². The van der Waals surface area contributed by atoms with E-state index in [9.17, 15) is 14.4 Å². The number of urea groups is 1. The van der Waals surface area contributed by atoms with Gasteiger partial charge in [-0.2, -0.15) is 0 Å². The highest BCUT2D eigenvalue weighted by Gasteiger charge is 2.51. The average molecular weight is 434 g/mol. The van der Waals surface area contributed by atoms with Crippen molar-refractivity contribution in [2.75, 3.05) is 19.6 Å². The number of likely N-dealkylation sites (tertiary alicyclic amines) is 1. The topological polar surface area (TPSA) is 69.7 Å². The highest BCUT2D eigenvalue weighted by Crippen LogP contribution is 2.28. The number of hydrogen-bond acceptors (Lipinski definition) is 3. The Labute approximate surface area is 189 Å². The van der Waals surface area contributed by atoms with Gasteiger partial charge in [0, 0.05) is 25.9 Å². The number of benzene rings is 2. The summed E-state index contributed by atoms with van der Waals surface area (Å²) in [7, 11) is 0. The molecule has 2 heterocycles. The highest BCUT2D eigenvalue weighted by molar-refractivity contribution is 6.09. The standard InChI is InChI=1S/C26H31N3O3/c1-19-13-20(2)17-28(16-19)23(30)18-29-24(31)26(27-25(29)32,14-21-9-5-3-6-10-21)15-22-11-7-4-8-12-22/h3-12,19-20H,13-18H2,1-2H3,(H,27,32). The van der Waals surface area contributed by atoms with Gasteiger partial charge >= 0.3 is 6.03 Å². The molecule has 6 nitrogen and oxygen atoms in total. The van der Waals surface area contributed by atoms with Crippen LogP contribution in [0.4, 0.5) is 4.79 Å². The van der Waals surface area contributed by atoms with Gasteiger partial charge in [0.15, 0.2) is 0 Å². The normalized spacial score (nSPS) is 22.7. The fourth-order valence-corrected chi connectivity index (χ4v) is 5.11. The lowest BCUT2D eigenvalue weighted by atomic mass is 9.84. The summed E-state index contributed by atoms with van der Waals surface area (Å²) in [5.41, 5.74) is 0.815. The molecule has 2 aliphatic rings. The fourth-order valence-electron chi connectivity index (χ4n) is 5.11. The van der Waals surface area contributed by atoms with E-state index in [4.69, 9.17) is 0 Å². The van der Waals surface area contributed by atoms with Gasteiger partial charge in [0.2, 0.25) is 5.91 Å². The molecule has 0 radical (unpaired) electrons. The van der Waals surface area contributed by atoms with E-state index >= 15 is 0 Å². The maximum atomic E-state index is 13.7.